The molecule has 0 atom stereocenters. The Hall–Kier alpha value is -2.95. The van der Waals surface area contributed by atoms with Crippen LogP contribution >= 0.6 is 0 Å². The van der Waals surface area contributed by atoms with Crippen molar-refractivity contribution in [3.63, 3.8) is 0 Å². The Kier molecular flexibility index (Phi) is 3.01. The van der Waals surface area contributed by atoms with Crippen LogP contribution in [0.2, 0.25) is 0 Å². The van der Waals surface area contributed by atoms with E-state index in [0.29, 0.717) is 6.42 Å². The van der Waals surface area contributed by atoms with E-state index in [-0.39, 0.29) is 5.78 Å². The molecule has 5 nitrogen and oxygen atoms in total. The average molecular weight is 304 g/mol. The Balaban J connectivity index is 1.84. The van der Waals surface area contributed by atoms with Crippen molar-refractivity contribution >= 4 is 22.6 Å². The van der Waals surface area contributed by atoms with Gasteiger partial charge < -0.3 is 4.98 Å². The number of nitrogens with one attached hydrogen (secondary N) is 1. The highest BCUT2D eigenvalue weighted by Crippen LogP contribution is 2.25. The van der Waals surface area contributed by atoms with E-state index in [1.807, 2.05) is 44.3 Å². The molecule has 3 aromatic heterocycles. The highest BCUT2D eigenvalue weighted by molar-refractivity contribution is 5.96. The summed E-state index contributed by atoms with van der Waals surface area (Å²) in [7, 11) is 0. The van der Waals surface area contributed by atoms with Gasteiger partial charge in [0.15, 0.2) is 17.1 Å². The van der Waals surface area contributed by atoms with Crippen LogP contribution in [0.1, 0.15) is 29.4 Å². The quantitative estimate of drug-likeness (QED) is 0.586. The van der Waals surface area contributed by atoms with Gasteiger partial charge in [0.1, 0.15) is 0 Å². The first kappa shape index (κ1) is 13.7. The third-order valence-electron chi connectivity index (χ3n) is 4.13. The molecule has 0 saturated carbocycles. The molecular weight excluding hydrogens is 288 g/mol. The van der Waals surface area contributed by atoms with E-state index in [9.17, 15) is 4.79 Å². The van der Waals surface area contributed by atoms with Crippen molar-refractivity contribution in [2.75, 3.05) is 0 Å². The minimum atomic E-state index is 0.158. The molecule has 23 heavy (non-hydrogen) atoms. The number of carbonyl (C=O) groups is 1. The standard InChI is InChI=1S/C18H16N4O/c1-3-16(23)13-6-4-12(5-7-13)14-8-15-18(21-14)20-10-17-19-9-11(2)22(15)17/h4-10,21H,3H2,1-2H3. The fourth-order valence-corrected chi connectivity index (χ4v) is 2.88. The average Bonchev–Trinajstić information content (AvgIpc) is 3.17. The largest absolute Gasteiger partial charge is 0.338 e. The summed E-state index contributed by atoms with van der Waals surface area (Å²) in [5.41, 5.74) is 6.48. The molecule has 1 aromatic carbocycles. The van der Waals surface area contributed by atoms with Gasteiger partial charge in [-0.25, -0.2) is 9.97 Å². The number of aromatic amines is 1. The van der Waals surface area contributed by atoms with Crippen LogP contribution in [-0.2, 0) is 0 Å². The summed E-state index contributed by atoms with van der Waals surface area (Å²) in [4.78, 5) is 23.8. The van der Waals surface area contributed by atoms with E-state index in [1.165, 1.54) is 0 Å². The number of carbonyl (C=O) groups excluding carboxylic acids is 1. The molecule has 0 fully saturated rings. The van der Waals surface area contributed by atoms with Crippen molar-refractivity contribution in [1.82, 2.24) is 19.4 Å². The summed E-state index contributed by atoms with van der Waals surface area (Å²) < 4.78 is 2.08. The molecule has 0 aliphatic heterocycles. The first-order valence-corrected chi connectivity index (χ1v) is 7.63. The first-order chi connectivity index (χ1) is 11.2. The normalized spacial score (nSPS) is 11.4. The summed E-state index contributed by atoms with van der Waals surface area (Å²) in [6.45, 7) is 3.90. The van der Waals surface area contributed by atoms with Gasteiger partial charge in [-0.05, 0) is 18.6 Å². The number of rotatable bonds is 3. The Bertz CT molecular complexity index is 1020. The SMILES string of the molecule is CCC(=O)c1ccc(-c2cc3c(ncc4ncc(C)n43)[nH]2)cc1. The molecule has 0 aliphatic rings. The fraction of sp³-hybridized carbons (Fsp3) is 0.167. The number of benzene rings is 1. The maximum absolute atomic E-state index is 11.7. The van der Waals surface area contributed by atoms with Gasteiger partial charge in [-0.15, -0.1) is 0 Å². The summed E-state index contributed by atoms with van der Waals surface area (Å²) in [5, 5.41) is 0. The zero-order chi connectivity index (χ0) is 16.0. The van der Waals surface area contributed by atoms with Crippen molar-refractivity contribution < 1.29 is 4.79 Å². The van der Waals surface area contributed by atoms with Crippen molar-refractivity contribution in [2.24, 2.45) is 0 Å². The van der Waals surface area contributed by atoms with Crippen LogP contribution in [0.5, 0.6) is 0 Å². The predicted molar refractivity (Wildman–Crippen MR) is 89.6 cm³/mol. The second kappa shape index (κ2) is 5.05. The van der Waals surface area contributed by atoms with Gasteiger partial charge >= 0.3 is 0 Å². The lowest BCUT2D eigenvalue weighted by Crippen LogP contribution is -1.95. The maximum Gasteiger partial charge on any atom is 0.162 e. The number of nitrogens with zero attached hydrogens (tertiary/aromatic N) is 3. The lowest BCUT2D eigenvalue weighted by molar-refractivity contribution is 0.0988. The van der Waals surface area contributed by atoms with Crippen LogP contribution in [0.4, 0.5) is 0 Å². The molecule has 3 heterocycles. The van der Waals surface area contributed by atoms with Gasteiger partial charge in [0.05, 0.1) is 11.7 Å². The number of imidazole rings is 1. The number of ketones is 1. The molecule has 0 spiro atoms. The maximum atomic E-state index is 11.7. The van der Waals surface area contributed by atoms with Crippen LogP contribution in [0, 0.1) is 6.92 Å². The van der Waals surface area contributed by atoms with Gasteiger partial charge in [0, 0.05) is 29.6 Å². The third-order valence-corrected chi connectivity index (χ3v) is 4.13. The van der Waals surface area contributed by atoms with Crippen molar-refractivity contribution in [3.8, 4) is 11.3 Å². The number of H-pyrrole nitrogens is 1. The monoisotopic (exact) mass is 304 g/mol. The van der Waals surface area contributed by atoms with Gasteiger partial charge in [-0.2, -0.15) is 0 Å². The lowest BCUT2D eigenvalue weighted by atomic mass is 10.1. The highest BCUT2D eigenvalue weighted by atomic mass is 16.1. The molecule has 0 aliphatic carbocycles. The zero-order valence-corrected chi connectivity index (χ0v) is 13.0. The number of Topliss-reactive ketones (excluding diaryl/α,β-unsaturated/α-hetero) is 1. The molecular formula is C18H16N4O. The van der Waals surface area contributed by atoms with Crippen LogP contribution in [0.25, 0.3) is 28.1 Å². The summed E-state index contributed by atoms with van der Waals surface area (Å²) in [5.74, 6) is 0.158. The number of aromatic nitrogens is 4. The Morgan fingerprint density at radius 3 is 2.70 bits per heavy atom. The molecule has 5 heteroatoms. The Labute approximate surface area is 133 Å². The summed E-state index contributed by atoms with van der Waals surface area (Å²) in [6, 6.07) is 9.74. The number of hydrogen-bond donors (Lipinski definition) is 1. The molecule has 0 bridgehead atoms. The first-order valence-electron chi connectivity index (χ1n) is 7.63. The number of aryl methyl sites for hydroxylation is 1. The lowest BCUT2D eigenvalue weighted by Gasteiger charge is -2.00. The second-order valence-electron chi connectivity index (χ2n) is 5.62. The predicted octanol–water partition coefficient (Wildman–Crippen LogP) is 3.78. The number of hydrogen-bond acceptors (Lipinski definition) is 3. The smallest absolute Gasteiger partial charge is 0.162 e. The molecule has 4 aromatic rings. The van der Waals surface area contributed by atoms with Crippen LogP contribution in [-0.4, -0.2) is 25.1 Å². The minimum Gasteiger partial charge on any atom is -0.338 e. The van der Waals surface area contributed by atoms with E-state index < -0.39 is 0 Å². The summed E-state index contributed by atoms with van der Waals surface area (Å²) in [6.07, 6.45) is 4.13. The molecule has 0 unspecified atom stereocenters. The number of fused-ring (bicyclic) bond motifs is 3. The van der Waals surface area contributed by atoms with Crippen molar-refractivity contribution in [2.45, 2.75) is 20.3 Å². The molecule has 0 radical (unpaired) electrons. The van der Waals surface area contributed by atoms with E-state index in [1.54, 1.807) is 6.20 Å². The van der Waals surface area contributed by atoms with Crippen LogP contribution in [0.3, 0.4) is 0 Å². The van der Waals surface area contributed by atoms with E-state index in [0.717, 1.165) is 39.3 Å². The van der Waals surface area contributed by atoms with Crippen molar-refractivity contribution in [1.29, 1.82) is 0 Å². The second-order valence-corrected chi connectivity index (χ2v) is 5.62. The van der Waals surface area contributed by atoms with Gasteiger partial charge in [0.25, 0.3) is 0 Å². The highest BCUT2D eigenvalue weighted by Gasteiger charge is 2.10. The molecule has 114 valence electrons. The van der Waals surface area contributed by atoms with E-state index in [4.69, 9.17) is 0 Å². The van der Waals surface area contributed by atoms with Gasteiger partial charge in [-0.1, -0.05) is 31.2 Å². The Morgan fingerprint density at radius 2 is 1.96 bits per heavy atom. The van der Waals surface area contributed by atoms with Crippen molar-refractivity contribution in [3.05, 3.63) is 54.0 Å². The molecule has 0 amide bonds. The third kappa shape index (κ3) is 2.12. The zero-order valence-electron chi connectivity index (χ0n) is 13.0. The van der Waals surface area contributed by atoms with Crippen LogP contribution < -0.4 is 0 Å². The summed E-state index contributed by atoms with van der Waals surface area (Å²) >= 11 is 0. The van der Waals surface area contributed by atoms with Crippen LogP contribution in [0.15, 0.2) is 42.7 Å². The van der Waals surface area contributed by atoms with E-state index in [2.05, 4.69) is 25.4 Å². The molecule has 4 rings (SSSR count). The topological polar surface area (TPSA) is 63.1 Å². The van der Waals surface area contributed by atoms with Gasteiger partial charge in [0.2, 0.25) is 0 Å². The fourth-order valence-electron chi connectivity index (χ4n) is 2.88. The minimum absolute atomic E-state index is 0.158. The van der Waals surface area contributed by atoms with Gasteiger partial charge in [-0.3, -0.25) is 9.20 Å². The van der Waals surface area contributed by atoms with E-state index >= 15 is 0 Å². The Morgan fingerprint density at radius 1 is 1.17 bits per heavy atom. The molecule has 1 N–H and O–H groups in total. The molecule has 0 saturated heterocycles.